The Morgan fingerprint density at radius 3 is 0.667 bits per heavy atom. The molecule has 0 rings (SSSR count). The summed E-state index contributed by atoms with van der Waals surface area (Å²) in [4.78, 5) is 0. The minimum atomic E-state index is 0. The van der Waals surface area contributed by atoms with Gasteiger partial charge in [-0.3, -0.25) is 0 Å². The summed E-state index contributed by atoms with van der Waals surface area (Å²) in [6.07, 6.45) is 0. The van der Waals surface area contributed by atoms with Crippen LogP contribution in [0.1, 0.15) is 0 Å². The van der Waals surface area contributed by atoms with Gasteiger partial charge in [0.2, 0.25) is 0 Å². The second-order valence-corrected chi connectivity index (χ2v) is 0. The molecule has 0 bridgehead atoms. The van der Waals surface area contributed by atoms with E-state index in [2.05, 4.69) is 0 Å². The predicted octanol–water partition coefficient (Wildman–Crippen LogP) is -9.23. The molecule has 6 heavy (non-hydrogen) atoms. The van der Waals surface area contributed by atoms with Crippen molar-refractivity contribution in [3.05, 3.63) is 0 Å². The SMILES string of the molecule is [F-].[F-].[Li+].[O-2].[O-2].[V+5]. The Hall–Kier alpha value is 0.962. The Morgan fingerprint density at radius 1 is 0.667 bits per heavy atom. The monoisotopic (exact) mass is 128 g/mol. The van der Waals surface area contributed by atoms with Crippen molar-refractivity contribution in [2.45, 2.75) is 0 Å². The van der Waals surface area contributed by atoms with Gasteiger partial charge < -0.3 is 20.4 Å². The van der Waals surface area contributed by atoms with Crippen LogP contribution in [0.5, 0.6) is 0 Å². The fourth-order valence-corrected chi connectivity index (χ4v) is 0. The molecule has 0 N–H and O–H groups in total. The van der Waals surface area contributed by atoms with Gasteiger partial charge in [-0.2, -0.15) is 0 Å². The first kappa shape index (κ1) is 267. The summed E-state index contributed by atoms with van der Waals surface area (Å²) in [5.74, 6) is 0. The summed E-state index contributed by atoms with van der Waals surface area (Å²) in [5.41, 5.74) is 0. The third-order valence-corrected chi connectivity index (χ3v) is 0. The van der Waals surface area contributed by atoms with Gasteiger partial charge in [-0.1, -0.05) is 0 Å². The first-order chi connectivity index (χ1) is 0. The maximum Gasteiger partial charge on any atom is 5.00 e. The van der Waals surface area contributed by atoms with E-state index >= 15 is 0 Å². The normalized spacial score (nSPS) is 0. The van der Waals surface area contributed by atoms with E-state index in [0.29, 0.717) is 0 Å². The zero-order valence-electron chi connectivity index (χ0n) is 3.02. The van der Waals surface area contributed by atoms with Crippen molar-refractivity contribution in [2.75, 3.05) is 0 Å². The van der Waals surface area contributed by atoms with E-state index in [1.165, 1.54) is 0 Å². The average molecular weight is 128 g/mol. The third kappa shape index (κ3) is 84.2. The van der Waals surface area contributed by atoms with E-state index < -0.39 is 0 Å². The molecule has 0 heterocycles. The summed E-state index contributed by atoms with van der Waals surface area (Å²) < 4.78 is 0. The van der Waals surface area contributed by atoms with Gasteiger partial charge in [-0.05, 0) is 0 Å². The van der Waals surface area contributed by atoms with Gasteiger partial charge in [-0.15, -0.1) is 0 Å². The van der Waals surface area contributed by atoms with E-state index in [1.807, 2.05) is 0 Å². The van der Waals surface area contributed by atoms with E-state index in [9.17, 15) is 0 Å². The van der Waals surface area contributed by atoms with Crippen molar-refractivity contribution in [1.82, 2.24) is 0 Å². The molecule has 0 aliphatic heterocycles. The molecule has 0 aromatic heterocycles. The van der Waals surface area contributed by atoms with Crippen LogP contribution in [0, 0.1) is 0 Å². The molecule has 0 radical (unpaired) electrons. The van der Waals surface area contributed by atoms with Gasteiger partial charge in [0.15, 0.2) is 0 Å². The Bertz CT molecular complexity index is 11.5. The molecule has 0 spiro atoms. The second-order valence-electron chi connectivity index (χ2n) is 0. The molecule has 32 valence electrons. The van der Waals surface area contributed by atoms with Crippen molar-refractivity contribution in [3.63, 3.8) is 0 Å². The van der Waals surface area contributed by atoms with Crippen molar-refractivity contribution in [1.29, 1.82) is 0 Å². The van der Waals surface area contributed by atoms with Gasteiger partial charge in [0.25, 0.3) is 0 Å². The Labute approximate surface area is 58.1 Å². The minimum absolute atomic E-state index is 0. The van der Waals surface area contributed by atoms with E-state index in [0.717, 1.165) is 0 Å². The Balaban J connectivity index is 0. The molecule has 0 unspecified atom stereocenters. The van der Waals surface area contributed by atoms with Crippen LogP contribution >= 0.6 is 0 Å². The first-order valence-corrected chi connectivity index (χ1v) is 0. The molecule has 0 amide bonds. The molecule has 6 heteroatoms. The first-order valence-electron chi connectivity index (χ1n) is 0. The molecule has 0 aliphatic rings. The zero-order chi connectivity index (χ0) is 0. The molecule has 0 fully saturated rings. The molecule has 0 aromatic rings. The van der Waals surface area contributed by atoms with E-state index in [1.54, 1.807) is 0 Å². The quantitative estimate of drug-likeness (QED) is 0.291. The van der Waals surface area contributed by atoms with E-state index in [4.69, 9.17) is 0 Å². The smallest absolute Gasteiger partial charge is 2.00 e. The molecule has 0 aromatic carbocycles. The van der Waals surface area contributed by atoms with Gasteiger partial charge >= 0.3 is 37.4 Å². The number of halogens is 2. The van der Waals surface area contributed by atoms with Crippen molar-refractivity contribution in [3.8, 4) is 0 Å². The fourth-order valence-electron chi connectivity index (χ4n) is 0. The van der Waals surface area contributed by atoms with Crippen molar-refractivity contribution in [2.24, 2.45) is 0 Å². The maximum absolute atomic E-state index is 0. The van der Waals surface area contributed by atoms with Crippen LogP contribution in [0.4, 0.5) is 0 Å². The average Bonchev–Trinajstić information content (AvgIpc) is 0. The summed E-state index contributed by atoms with van der Waals surface area (Å²) in [6.45, 7) is 0. The van der Waals surface area contributed by atoms with Gasteiger partial charge in [0, 0.05) is 0 Å². The summed E-state index contributed by atoms with van der Waals surface area (Å²) in [5, 5.41) is 0. The van der Waals surface area contributed by atoms with E-state index in [-0.39, 0.29) is 57.8 Å². The second kappa shape index (κ2) is 159. The van der Waals surface area contributed by atoms with Gasteiger partial charge in [0.1, 0.15) is 0 Å². The number of hydrogen-bond acceptors (Lipinski definition) is 0. The largest absolute Gasteiger partial charge is 5.00 e. The topological polar surface area (TPSA) is 57.0 Å². The number of hydrogen-bond donors (Lipinski definition) is 0. The van der Waals surface area contributed by atoms with Crippen LogP contribution in [0.2, 0.25) is 0 Å². The van der Waals surface area contributed by atoms with Crippen LogP contribution in [-0.4, -0.2) is 0 Å². The molecule has 0 saturated carbocycles. The molecule has 0 aliphatic carbocycles. The molecule has 2 nitrogen and oxygen atoms in total. The van der Waals surface area contributed by atoms with Crippen LogP contribution in [0.15, 0.2) is 0 Å². The summed E-state index contributed by atoms with van der Waals surface area (Å²) in [6, 6.07) is 0. The predicted molar refractivity (Wildman–Crippen MR) is 1.37 cm³/mol. The number of rotatable bonds is 0. The fraction of sp³-hybridized carbons (Fsp3) is 0. The molecular formula is F2LiO2V. The third-order valence-electron chi connectivity index (χ3n) is 0. The Morgan fingerprint density at radius 2 is 0.667 bits per heavy atom. The molecular weight excluding hydrogens is 128 g/mol. The standard InChI is InChI=1S/2FH.Li.2O.V/h2*1H;;;;/q;;+1;2*-2;+5/p-2. The van der Waals surface area contributed by atoms with Crippen molar-refractivity contribution < 1.29 is 57.8 Å². The molecule has 0 atom stereocenters. The summed E-state index contributed by atoms with van der Waals surface area (Å²) >= 11 is 0. The van der Waals surface area contributed by atoms with Crippen LogP contribution in [0.25, 0.3) is 0 Å². The van der Waals surface area contributed by atoms with Crippen LogP contribution in [-0.2, 0) is 29.5 Å². The molecule has 0 saturated heterocycles. The van der Waals surface area contributed by atoms with Crippen LogP contribution in [0.3, 0.4) is 0 Å². The maximum atomic E-state index is 0. The summed E-state index contributed by atoms with van der Waals surface area (Å²) in [7, 11) is 0. The van der Waals surface area contributed by atoms with Gasteiger partial charge in [0.05, 0.1) is 0 Å². The zero-order valence-corrected chi connectivity index (χ0v) is 4.42. The Kier molecular flexibility index (Phi) is 7070. The van der Waals surface area contributed by atoms with Crippen molar-refractivity contribution >= 4 is 0 Å². The minimum Gasteiger partial charge on any atom is -2.00 e. The van der Waals surface area contributed by atoms with Crippen LogP contribution < -0.4 is 28.3 Å². The van der Waals surface area contributed by atoms with Gasteiger partial charge in [-0.25, -0.2) is 0 Å².